The van der Waals surface area contributed by atoms with Crippen LogP contribution < -0.4 is 5.32 Å². The molecule has 1 aromatic heterocycles. The van der Waals surface area contributed by atoms with E-state index in [2.05, 4.69) is 17.2 Å². The average molecular weight is 307 g/mol. The molecule has 0 spiro atoms. The quantitative estimate of drug-likeness (QED) is 0.819. The van der Waals surface area contributed by atoms with Crippen molar-refractivity contribution in [2.75, 3.05) is 13.2 Å². The number of carbonyl (C=O) groups is 1. The molecule has 1 aliphatic rings. The van der Waals surface area contributed by atoms with Gasteiger partial charge in [-0.05, 0) is 25.3 Å². The Morgan fingerprint density at radius 1 is 1.52 bits per heavy atom. The van der Waals surface area contributed by atoms with Crippen LogP contribution in [-0.4, -0.2) is 30.3 Å². The van der Waals surface area contributed by atoms with Gasteiger partial charge in [-0.1, -0.05) is 11.8 Å². The molecule has 1 aliphatic heterocycles. The second-order valence-electron chi connectivity index (χ2n) is 5.05. The van der Waals surface area contributed by atoms with Crippen LogP contribution in [-0.2, 0) is 16.1 Å². The zero-order valence-electron chi connectivity index (χ0n) is 12.1. The van der Waals surface area contributed by atoms with Crippen LogP contribution in [0, 0.1) is 11.8 Å². The van der Waals surface area contributed by atoms with Crippen molar-refractivity contribution in [3.8, 4) is 11.8 Å². The first-order valence-electron chi connectivity index (χ1n) is 7.33. The Balaban J connectivity index is 1.72. The van der Waals surface area contributed by atoms with Gasteiger partial charge in [-0.15, -0.1) is 11.3 Å². The van der Waals surface area contributed by atoms with Crippen molar-refractivity contribution in [1.29, 1.82) is 0 Å². The van der Waals surface area contributed by atoms with Crippen molar-refractivity contribution < 1.29 is 14.6 Å². The second kappa shape index (κ2) is 8.83. The molecule has 0 saturated carbocycles. The van der Waals surface area contributed by atoms with Crippen LogP contribution in [0.25, 0.3) is 0 Å². The van der Waals surface area contributed by atoms with E-state index in [1.165, 1.54) is 0 Å². The van der Waals surface area contributed by atoms with Crippen molar-refractivity contribution in [3.63, 3.8) is 0 Å². The number of hydrogen-bond acceptors (Lipinski definition) is 4. The van der Waals surface area contributed by atoms with Crippen molar-refractivity contribution in [2.45, 2.75) is 44.8 Å². The summed E-state index contributed by atoms with van der Waals surface area (Å²) < 4.78 is 5.56. The van der Waals surface area contributed by atoms with Gasteiger partial charge in [0.05, 0.1) is 25.7 Å². The Morgan fingerprint density at radius 2 is 2.43 bits per heavy atom. The number of aliphatic hydroxyl groups is 1. The van der Waals surface area contributed by atoms with Crippen molar-refractivity contribution in [2.24, 2.45) is 0 Å². The lowest BCUT2D eigenvalue weighted by atomic mass is 10.1. The number of hydrogen-bond donors (Lipinski definition) is 2. The second-order valence-corrected chi connectivity index (χ2v) is 6.04. The fraction of sp³-hybridized carbons (Fsp3) is 0.562. The maximum atomic E-state index is 11.9. The lowest BCUT2D eigenvalue weighted by Crippen LogP contribution is -2.29. The third-order valence-electron chi connectivity index (χ3n) is 3.27. The Bertz CT molecular complexity index is 509. The number of nitrogens with one attached hydrogen (secondary N) is 1. The molecule has 0 bridgehead atoms. The summed E-state index contributed by atoms with van der Waals surface area (Å²) in [7, 11) is 0. The first kappa shape index (κ1) is 16.0. The lowest BCUT2D eigenvalue weighted by molar-refractivity contribution is -0.125. The Hall–Kier alpha value is -1.35. The summed E-state index contributed by atoms with van der Waals surface area (Å²) in [6.07, 6.45) is 4.27. The molecule has 1 unspecified atom stereocenters. The molecule has 0 aromatic carbocycles. The van der Waals surface area contributed by atoms with Crippen LogP contribution in [0.5, 0.6) is 0 Å². The largest absolute Gasteiger partial charge is 0.395 e. The molecule has 1 saturated heterocycles. The van der Waals surface area contributed by atoms with E-state index in [9.17, 15) is 4.79 Å². The molecular weight excluding hydrogens is 286 g/mol. The summed E-state index contributed by atoms with van der Waals surface area (Å²) in [5.41, 5.74) is 0.938. The molecule has 21 heavy (non-hydrogen) atoms. The third-order valence-corrected chi connectivity index (χ3v) is 4.21. The van der Waals surface area contributed by atoms with Gasteiger partial charge in [0.2, 0.25) is 5.91 Å². The summed E-state index contributed by atoms with van der Waals surface area (Å²) in [4.78, 5) is 12.9. The van der Waals surface area contributed by atoms with Gasteiger partial charge >= 0.3 is 0 Å². The number of ether oxygens (including phenoxy) is 1. The van der Waals surface area contributed by atoms with Crippen molar-refractivity contribution in [1.82, 2.24) is 5.32 Å². The predicted molar refractivity (Wildman–Crippen MR) is 83.0 cm³/mol. The summed E-state index contributed by atoms with van der Waals surface area (Å²) in [6, 6.07) is 1.98. The van der Waals surface area contributed by atoms with Gasteiger partial charge in [-0.25, -0.2) is 0 Å². The fourth-order valence-electron chi connectivity index (χ4n) is 2.19. The van der Waals surface area contributed by atoms with Gasteiger partial charge in [0.25, 0.3) is 0 Å². The minimum atomic E-state index is 0.0446. The highest BCUT2D eigenvalue weighted by molar-refractivity contribution is 7.10. The monoisotopic (exact) mass is 307 g/mol. The van der Waals surface area contributed by atoms with Gasteiger partial charge in [0.1, 0.15) is 0 Å². The van der Waals surface area contributed by atoms with Crippen molar-refractivity contribution >= 4 is 17.2 Å². The zero-order chi connectivity index (χ0) is 14.9. The molecule has 0 radical (unpaired) electrons. The minimum Gasteiger partial charge on any atom is -0.395 e. The molecule has 4 nitrogen and oxygen atoms in total. The standard InChI is InChI=1S/C16H21NO3S/c18-7-3-1-5-13-9-15(21-12-13)11-17-16(19)10-14-6-2-4-8-20-14/h9,12,14,18H,2-4,6-8,10-11H2,(H,17,19). The molecule has 2 rings (SSSR count). The summed E-state index contributed by atoms with van der Waals surface area (Å²) in [6.45, 7) is 1.40. The van der Waals surface area contributed by atoms with E-state index in [0.717, 1.165) is 36.3 Å². The highest BCUT2D eigenvalue weighted by atomic mass is 32.1. The SMILES string of the molecule is O=C(CC1CCCCO1)NCc1cc(C#CCCO)cs1. The van der Waals surface area contributed by atoms with Gasteiger partial charge < -0.3 is 15.2 Å². The number of amides is 1. The van der Waals surface area contributed by atoms with Gasteiger partial charge in [-0.3, -0.25) is 4.79 Å². The molecule has 1 amide bonds. The molecule has 2 heterocycles. The summed E-state index contributed by atoms with van der Waals surface area (Å²) in [5, 5.41) is 13.6. The summed E-state index contributed by atoms with van der Waals surface area (Å²) >= 11 is 1.58. The highest BCUT2D eigenvalue weighted by Gasteiger charge is 2.17. The molecule has 0 aliphatic carbocycles. The number of rotatable bonds is 5. The van der Waals surface area contributed by atoms with Crippen LogP contribution in [0.4, 0.5) is 0 Å². The average Bonchev–Trinajstić information content (AvgIpc) is 2.94. The van der Waals surface area contributed by atoms with E-state index in [0.29, 0.717) is 19.4 Å². The van der Waals surface area contributed by atoms with E-state index in [4.69, 9.17) is 9.84 Å². The normalized spacial score (nSPS) is 17.9. The smallest absolute Gasteiger partial charge is 0.222 e. The molecule has 5 heteroatoms. The molecule has 1 fully saturated rings. The highest BCUT2D eigenvalue weighted by Crippen LogP contribution is 2.16. The fourth-order valence-corrected chi connectivity index (χ4v) is 2.95. The molecule has 114 valence electrons. The summed E-state index contributed by atoms with van der Waals surface area (Å²) in [5.74, 6) is 5.92. The molecule has 1 atom stereocenters. The van der Waals surface area contributed by atoms with Gasteiger partial charge in [0, 0.05) is 28.8 Å². The Labute approximate surface area is 129 Å². The van der Waals surface area contributed by atoms with E-state index in [1.54, 1.807) is 11.3 Å². The molecule has 1 aromatic rings. The van der Waals surface area contributed by atoms with E-state index >= 15 is 0 Å². The van der Waals surface area contributed by atoms with Crippen LogP contribution >= 0.6 is 11.3 Å². The minimum absolute atomic E-state index is 0.0446. The van der Waals surface area contributed by atoms with E-state index < -0.39 is 0 Å². The number of aliphatic hydroxyl groups excluding tert-OH is 1. The number of thiophene rings is 1. The molecular formula is C16H21NO3S. The van der Waals surface area contributed by atoms with Crippen molar-refractivity contribution in [3.05, 3.63) is 21.9 Å². The van der Waals surface area contributed by atoms with Crippen LogP contribution in [0.15, 0.2) is 11.4 Å². The van der Waals surface area contributed by atoms with E-state index in [-0.39, 0.29) is 18.6 Å². The van der Waals surface area contributed by atoms with Gasteiger partial charge in [-0.2, -0.15) is 0 Å². The Kier molecular flexibility index (Phi) is 6.74. The first-order chi connectivity index (χ1) is 10.3. The maximum Gasteiger partial charge on any atom is 0.222 e. The van der Waals surface area contributed by atoms with Crippen LogP contribution in [0.1, 0.15) is 42.5 Å². The Morgan fingerprint density at radius 3 is 3.19 bits per heavy atom. The van der Waals surface area contributed by atoms with E-state index in [1.807, 2.05) is 11.4 Å². The lowest BCUT2D eigenvalue weighted by Gasteiger charge is -2.21. The van der Waals surface area contributed by atoms with Gasteiger partial charge in [0.15, 0.2) is 0 Å². The van der Waals surface area contributed by atoms with Crippen LogP contribution in [0.3, 0.4) is 0 Å². The first-order valence-corrected chi connectivity index (χ1v) is 8.21. The zero-order valence-corrected chi connectivity index (χ0v) is 12.9. The molecule has 2 N–H and O–H groups in total. The topological polar surface area (TPSA) is 58.6 Å². The van der Waals surface area contributed by atoms with Crippen LogP contribution in [0.2, 0.25) is 0 Å². The maximum absolute atomic E-state index is 11.9. The number of carbonyl (C=O) groups excluding carboxylic acids is 1. The predicted octanol–water partition coefficient (Wildman–Crippen LogP) is 2.06. The third kappa shape index (κ3) is 5.88.